The number of rotatable bonds is 5. The highest BCUT2D eigenvalue weighted by molar-refractivity contribution is 6.08. The summed E-state index contributed by atoms with van der Waals surface area (Å²) in [5, 5.41) is 17.6. The van der Waals surface area contributed by atoms with Crippen LogP contribution in [0.2, 0.25) is 0 Å². The number of hydrogen-bond acceptors (Lipinski definition) is 3. The molecule has 1 aromatic heterocycles. The molecule has 0 aliphatic carbocycles. The molecule has 106 valence electrons. The van der Waals surface area contributed by atoms with Gasteiger partial charge in [-0.15, -0.1) is 0 Å². The fraction of sp³-hybridized carbons (Fsp3) is 0.188. The summed E-state index contributed by atoms with van der Waals surface area (Å²) in [6, 6.07) is 11.7. The van der Waals surface area contributed by atoms with Gasteiger partial charge in [0, 0.05) is 17.8 Å². The summed E-state index contributed by atoms with van der Waals surface area (Å²) in [4.78, 5) is 23.3. The molecule has 5 nitrogen and oxygen atoms in total. The summed E-state index contributed by atoms with van der Waals surface area (Å²) in [5.41, 5.74) is 2.02. The second-order valence-corrected chi connectivity index (χ2v) is 4.54. The van der Waals surface area contributed by atoms with E-state index in [0.717, 1.165) is 0 Å². The third-order valence-corrected chi connectivity index (χ3v) is 3.23. The highest BCUT2D eigenvalue weighted by atomic mass is 16.4. The van der Waals surface area contributed by atoms with Crippen LogP contribution in [0.25, 0.3) is 0 Å². The largest absolute Gasteiger partial charge is 0.481 e. The van der Waals surface area contributed by atoms with Crippen LogP contribution in [0.1, 0.15) is 34.2 Å². The number of carboxylic acids is 1. The first-order valence-electron chi connectivity index (χ1n) is 6.52. The van der Waals surface area contributed by atoms with E-state index >= 15 is 0 Å². The van der Waals surface area contributed by atoms with Crippen molar-refractivity contribution in [1.82, 2.24) is 4.57 Å². The molecule has 0 spiro atoms. The number of hydrogen-bond donors (Lipinski definition) is 1. The van der Waals surface area contributed by atoms with Crippen molar-refractivity contribution in [3.63, 3.8) is 0 Å². The van der Waals surface area contributed by atoms with Crippen LogP contribution in [-0.2, 0) is 17.8 Å². The number of aromatic nitrogens is 1. The quantitative estimate of drug-likeness (QED) is 0.852. The van der Waals surface area contributed by atoms with Crippen LogP contribution in [-0.4, -0.2) is 21.4 Å². The average molecular weight is 282 g/mol. The predicted molar refractivity (Wildman–Crippen MR) is 76.0 cm³/mol. The van der Waals surface area contributed by atoms with Gasteiger partial charge in [0.1, 0.15) is 0 Å². The van der Waals surface area contributed by atoms with Gasteiger partial charge in [-0.05, 0) is 43.3 Å². The van der Waals surface area contributed by atoms with E-state index in [1.807, 2.05) is 13.0 Å². The van der Waals surface area contributed by atoms with Crippen molar-refractivity contribution in [2.75, 3.05) is 0 Å². The second-order valence-electron chi connectivity index (χ2n) is 4.54. The normalized spacial score (nSPS) is 10.1. The van der Waals surface area contributed by atoms with Crippen molar-refractivity contribution in [1.29, 1.82) is 5.26 Å². The van der Waals surface area contributed by atoms with Gasteiger partial charge in [-0.25, -0.2) is 0 Å². The van der Waals surface area contributed by atoms with Gasteiger partial charge >= 0.3 is 5.97 Å². The van der Waals surface area contributed by atoms with Crippen molar-refractivity contribution in [2.45, 2.75) is 19.9 Å². The van der Waals surface area contributed by atoms with Gasteiger partial charge in [0.15, 0.2) is 0 Å². The van der Waals surface area contributed by atoms with Crippen molar-refractivity contribution >= 4 is 11.8 Å². The van der Waals surface area contributed by atoms with Gasteiger partial charge in [0.25, 0.3) is 0 Å². The summed E-state index contributed by atoms with van der Waals surface area (Å²) in [7, 11) is 0. The first-order valence-corrected chi connectivity index (χ1v) is 6.52. The average Bonchev–Trinajstić information content (AvgIpc) is 2.88. The smallest absolute Gasteiger partial charge is 0.309 e. The van der Waals surface area contributed by atoms with Crippen LogP contribution < -0.4 is 0 Å². The molecule has 1 heterocycles. The molecule has 0 radical (unpaired) electrons. The fourth-order valence-electron chi connectivity index (χ4n) is 2.23. The minimum atomic E-state index is -0.930. The molecular formula is C16H14N2O3. The zero-order valence-electron chi connectivity index (χ0n) is 11.5. The molecule has 0 atom stereocenters. The molecule has 0 aliphatic heterocycles. The van der Waals surface area contributed by atoms with Crippen LogP contribution in [0.4, 0.5) is 0 Å². The third-order valence-electron chi connectivity index (χ3n) is 3.23. The molecule has 2 rings (SSSR count). The maximum absolute atomic E-state index is 12.5. The van der Waals surface area contributed by atoms with Crippen LogP contribution in [0.3, 0.4) is 0 Å². The van der Waals surface area contributed by atoms with Crippen molar-refractivity contribution in [3.8, 4) is 6.07 Å². The van der Waals surface area contributed by atoms with E-state index in [9.17, 15) is 9.59 Å². The van der Waals surface area contributed by atoms with E-state index in [2.05, 4.69) is 0 Å². The van der Waals surface area contributed by atoms with E-state index < -0.39 is 5.97 Å². The maximum atomic E-state index is 12.5. The molecule has 0 unspecified atom stereocenters. The van der Waals surface area contributed by atoms with E-state index in [4.69, 9.17) is 10.4 Å². The Morgan fingerprint density at radius 3 is 2.38 bits per heavy atom. The predicted octanol–water partition coefficient (Wildman–Crippen LogP) is 2.24. The number of ketones is 1. The number of carbonyl (C=O) groups excluding carboxylic acids is 1. The Hall–Kier alpha value is -2.87. The number of carbonyl (C=O) groups is 2. The molecule has 21 heavy (non-hydrogen) atoms. The highest BCUT2D eigenvalue weighted by Gasteiger charge is 2.17. The topological polar surface area (TPSA) is 83.1 Å². The lowest BCUT2D eigenvalue weighted by molar-refractivity contribution is -0.136. The van der Waals surface area contributed by atoms with Gasteiger partial charge in [-0.1, -0.05) is 0 Å². The number of nitriles is 1. The van der Waals surface area contributed by atoms with Gasteiger partial charge in [-0.2, -0.15) is 5.26 Å². The minimum absolute atomic E-state index is 0.117. The standard InChI is InChI=1S/C16H14N2O3/c1-2-18-13(9-15(19)20)7-8-14(18)16(21)12-5-3-11(10-17)4-6-12/h3-8H,2,9H2,1H3,(H,19,20). The van der Waals surface area contributed by atoms with E-state index in [1.54, 1.807) is 41.0 Å². The Kier molecular flexibility index (Phi) is 4.19. The van der Waals surface area contributed by atoms with Gasteiger partial charge in [0.05, 0.1) is 23.7 Å². The van der Waals surface area contributed by atoms with E-state index in [0.29, 0.717) is 29.1 Å². The second kappa shape index (κ2) is 6.06. The molecule has 1 N–H and O–H groups in total. The number of nitrogens with zero attached hydrogens (tertiary/aromatic N) is 2. The highest BCUT2D eigenvalue weighted by Crippen LogP contribution is 2.16. The van der Waals surface area contributed by atoms with Crippen molar-refractivity contribution < 1.29 is 14.7 Å². The zero-order chi connectivity index (χ0) is 15.4. The van der Waals surface area contributed by atoms with Gasteiger partial charge < -0.3 is 9.67 Å². The van der Waals surface area contributed by atoms with Crippen LogP contribution in [0.15, 0.2) is 36.4 Å². The monoisotopic (exact) mass is 282 g/mol. The Morgan fingerprint density at radius 1 is 1.19 bits per heavy atom. The van der Waals surface area contributed by atoms with E-state index in [1.165, 1.54) is 0 Å². The summed E-state index contributed by atoms with van der Waals surface area (Å²) in [6.45, 7) is 2.38. The number of benzene rings is 1. The van der Waals surface area contributed by atoms with Crippen LogP contribution >= 0.6 is 0 Å². The molecule has 0 saturated heterocycles. The van der Waals surface area contributed by atoms with Crippen LogP contribution in [0.5, 0.6) is 0 Å². The summed E-state index contributed by atoms with van der Waals surface area (Å²) in [6.07, 6.45) is -0.117. The molecular weight excluding hydrogens is 268 g/mol. The molecule has 2 aromatic rings. The van der Waals surface area contributed by atoms with Gasteiger partial charge in [-0.3, -0.25) is 9.59 Å². The first-order chi connectivity index (χ1) is 10.1. The van der Waals surface area contributed by atoms with Crippen LogP contribution in [0, 0.1) is 11.3 Å². The first kappa shape index (κ1) is 14.5. The molecule has 0 bridgehead atoms. The lowest BCUT2D eigenvalue weighted by Crippen LogP contribution is -2.13. The van der Waals surface area contributed by atoms with E-state index in [-0.39, 0.29) is 12.2 Å². The van der Waals surface area contributed by atoms with Crippen molar-refractivity contribution in [3.05, 3.63) is 58.9 Å². The minimum Gasteiger partial charge on any atom is -0.481 e. The summed E-state index contributed by atoms with van der Waals surface area (Å²) in [5.74, 6) is -1.11. The Morgan fingerprint density at radius 2 is 1.86 bits per heavy atom. The molecule has 0 aliphatic rings. The molecule has 1 aromatic carbocycles. The Balaban J connectivity index is 2.36. The molecule has 0 saturated carbocycles. The zero-order valence-corrected chi connectivity index (χ0v) is 11.5. The SMILES string of the molecule is CCn1c(CC(=O)O)ccc1C(=O)c1ccc(C#N)cc1. The lowest BCUT2D eigenvalue weighted by atomic mass is 10.1. The summed E-state index contributed by atoms with van der Waals surface area (Å²) >= 11 is 0. The summed E-state index contributed by atoms with van der Waals surface area (Å²) < 4.78 is 1.70. The maximum Gasteiger partial charge on any atom is 0.309 e. The number of aliphatic carboxylic acids is 1. The van der Waals surface area contributed by atoms with Gasteiger partial charge in [0.2, 0.25) is 5.78 Å². The fourth-order valence-corrected chi connectivity index (χ4v) is 2.23. The third kappa shape index (κ3) is 3.00. The molecule has 0 amide bonds. The number of carboxylic acid groups (broad SMARTS) is 1. The molecule has 0 fully saturated rings. The Labute approximate surface area is 122 Å². The lowest BCUT2D eigenvalue weighted by Gasteiger charge is -2.09. The van der Waals surface area contributed by atoms with Crippen molar-refractivity contribution in [2.24, 2.45) is 0 Å². The Bertz CT molecular complexity index is 721. The molecule has 5 heteroatoms.